The van der Waals surface area contributed by atoms with Gasteiger partial charge in [0, 0.05) is 49.8 Å². The van der Waals surface area contributed by atoms with Crippen LogP contribution in [0.2, 0.25) is 0 Å². The number of fused-ring (bicyclic) bond motifs is 1. The number of hydrogen-bond donors (Lipinski definition) is 1. The van der Waals surface area contributed by atoms with Gasteiger partial charge in [-0.1, -0.05) is 24.3 Å². The van der Waals surface area contributed by atoms with Gasteiger partial charge in [0.25, 0.3) is 0 Å². The van der Waals surface area contributed by atoms with Gasteiger partial charge in [-0.05, 0) is 54.1 Å². The number of amidine groups is 1. The molecule has 0 radical (unpaired) electrons. The fourth-order valence-corrected chi connectivity index (χ4v) is 4.00. The Morgan fingerprint density at radius 2 is 1.88 bits per heavy atom. The summed E-state index contributed by atoms with van der Waals surface area (Å²) in [4.78, 5) is 33.0. The fourth-order valence-electron chi connectivity index (χ4n) is 4.00. The number of hydrogen-bond acceptors (Lipinski definition) is 6. The zero-order valence-corrected chi connectivity index (χ0v) is 19.7. The fraction of sp³-hybridized carbons (Fsp3) is 0.296. The lowest BCUT2D eigenvalue weighted by molar-refractivity contribution is -0.131. The van der Waals surface area contributed by atoms with Gasteiger partial charge in [-0.15, -0.1) is 0 Å². The van der Waals surface area contributed by atoms with Gasteiger partial charge in [0.05, 0.1) is 18.9 Å². The van der Waals surface area contributed by atoms with Gasteiger partial charge in [0.15, 0.2) is 6.29 Å². The third-order valence-electron chi connectivity index (χ3n) is 6.12. The molecule has 2 aromatic rings. The van der Waals surface area contributed by atoms with Gasteiger partial charge in [-0.25, -0.2) is 4.99 Å². The Morgan fingerprint density at radius 1 is 1.15 bits per heavy atom. The molecule has 0 saturated carbocycles. The zero-order valence-electron chi connectivity index (χ0n) is 19.7. The molecule has 34 heavy (non-hydrogen) atoms. The Kier molecular flexibility index (Phi) is 7.23. The normalized spacial score (nSPS) is 15.9. The van der Waals surface area contributed by atoms with E-state index in [4.69, 9.17) is 10.5 Å². The van der Waals surface area contributed by atoms with Gasteiger partial charge in [-0.3, -0.25) is 9.59 Å². The van der Waals surface area contributed by atoms with E-state index in [9.17, 15) is 9.59 Å². The highest BCUT2D eigenvalue weighted by Crippen LogP contribution is 2.33. The van der Waals surface area contributed by atoms with E-state index in [0.717, 1.165) is 40.8 Å². The number of benzene rings is 2. The topological polar surface area (TPSA) is 88.2 Å². The SMILES string of the molecule is CCN(C)/C=C\c1cc(-c2ccc3c(c2)N=C(N)CC(C(=O)N2CCOCC2)=C3)ccc1C=O. The number of ether oxygens (including phenoxy) is 1. The molecule has 2 N–H and O–H groups in total. The summed E-state index contributed by atoms with van der Waals surface area (Å²) >= 11 is 0. The number of morpholine rings is 1. The molecule has 0 aliphatic carbocycles. The molecular formula is C27H30N4O3. The molecule has 4 rings (SSSR count). The lowest BCUT2D eigenvalue weighted by atomic mass is 9.97. The van der Waals surface area contributed by atoms with Crippen molar-refractivity contribution in [2.45, 2.75) is 13.3 Å². The molecule has 0 spiro atoms. The van der Waals surface area contributed by atoms with Crippen molar-refractivity contribution < 1.29 is 14.3 Å². The van der Waals surface area contributed by atoms with E-state index in [1.54, 1.807) is 0 Å². The third-order valence-corrected chi connectivity index (χ3v) is 6.12. The zero-order chi connectivity index (χ0) is 24.1. The molecule has 1 fully saturated rings. The van der Waals surface area contributed by atoms with Crippen LogP contribution < -0.4 is 5.73 Å². The van der Waals surface area contributed by atoms with Gasteiger partial charge in [-0.2, -0.15) is 0 Å². The minimum atomic E-state index is -0.0173. The largest absolute Gasteiger partial charge is 0.387 e. The Bertz CT molecular complexity index is 1180. The summed E-state index contributed by atoms with van der Waals surface area (Å²) in [6.07, 6.45) is 6.99. The second-order valence-electron chi connectivity index (χ2n) is 8.48. The van der Waals surface area contributed by atoms with E-state index >= 15 is 0 Å². The molecule has 0 bridgehead atoms. The quantitative estimate of drug-likeness (QED) is 0.667. The maximum absolute atomic E-state index is 13.0. The van der Waals surface area contributed by atoms with Gasteiger partial charge in [0.2, 0.25) is 5.91 Å². The molecular weight excluding hydrogens is 428 g/mol. The summed E-state index contributed by atoms with van der Waals surface area (Å²) in [7, 11) is 1.99. The van der Waals surface area contributed by atoms with Crippen molar-refractivity contribution in [3.05, 3.63) is 64.9 Å². The molecule has 176 valence electrons. The van der Waals surface area contributed by atoms with Crippen LogP contribution in [0.3, 0.4) is 0 Å². The monoisotopic (exact) mass is 458 g/mol. The van der Waals surface area contributed by atoms with E-state index in [2.05, 4.69) is 11.9 Å². The van der Waals surface area contributed by atoms with Gasteiger partial charge < -0.3 is 20.3 Å². The van der Waals surface area contributed by atoms with Crippen LogP contribution in [0.25, 0.3) is 23.3 Å². The lowest BCUT2D eigenvalue weighted by Crippen LogP contribution is -2.41. The number of rotatable bonds is 6. The lowest BCUT2D eigenvalue weighted by Gasteiger charge is -2.27. The number of carbonyl (C=O) groups excluding carboxylic acids is 2. The summed E-state index contributed by atoms with van der Waals surface area (Å²) in [5, 5.41) is 0. The van der Waals surface area contributed by atoms with E-state index in [0.29, 0.717) is 49.7 Å². The van der Waals surface area contributed by atoms with Crippen LogP contribution in [0.5, 0.6) is 0 Å². The number of carbonyl (C=O) groups is 2. The molecule has 2 aliphatic heterocycles. The summed E-state index contributed by atoms with van der Waals surface area (Å²) < 4.78 is 5.36. The summed E-state index contributed by atoms with van der Waals surface area (Å²) in [5.74, 6) is 0.391. The number of nitrogens with zero attached hydrogens (tertiary/aromatic N) is 3. The minimum absolute atomic E-state index is 0.0173. The van der Waals surface area contributed by atoms with Crippen LogP contribution >= 0.6 is 0 Å². The average Bonchev–Trinajstić information content (AvgIpc) is 3.04. The molecule has 0 atom stereocenters. The summed E-state index contributed by atoms with van der Waals surface area (Å²) in [6.45, 7) is 5.22. The summed E-state index contributed by atoms with van der Waals surface area (Å²) in [6, 6.07) is 11.7. The Balaban J connectivity index is 1.67. The minimum Gasteiger partial charge on any atom is -0.387 e. The summed E-state index contributed by atoms with van der Waals surface area (Å²) in [5.41, 5.74) is 11.8. The van der Waals surface area contributed by atoms with Crippen LogP contribution in [0.4, 0.5) is 5.69 Å². The third kappa shape index (κ3) is 5.26. The average molecular weight is 459 g/mol. The second kappa shape index (κ2) is 10.5. The predicted molar refractivity (Wildman–Crippen MR) is 136 cm³/mol. The maximum Gasteiger partial charge on any atom is 0.250 e. The standard InChI is InChI=1S/C27H30N4O3/c1-3-30(2)9-8-21-14-19(5-7-23(21)18-32)20-4-6-22-15-24(17-26(28)29-25(22)16-20)27(33)31-10-12-34-13-11-31/h4-9,14-16,18H,3,10-13,17H2,1-2H3,(H2,28,29)/b9-8-. The number of amides is 1. The Hall–Kier alpha value is -3.71. The number of aldehydes is 1. The molecule has 2 aliphatic rings. The van der Waals surface area contributed by atoms with E-state index in [1.165, 1.54) is 0 Å². The van der Waals surface area contributed by atoms with Crippen LogP contribution in [0, 0.1) is 0 Å². The van der Waals surface area contributed by atoms with Crippen LogP contribution in [0.1, 0.15) is 34.8 Å². The molecule has 1 amide bonds. The molecule has 0 unspecified atom stereocenters. The van der Waals surface area contributed by atoms with Crippen LogP contribution in [-0.2, 0) is 9.53 Å². The predicted octanol–water partition coefficient (Wildman–Crippen LogP) is 3.72. The van der Waals surface area contributed by atoms with Crippen molar-refractivity contribution in [1.29, 1.82) is 0 Å². The molecule has 2 heterocycles. The van der Waals surface area contributed by atoms with Crippen molar-refractivity contribution >= 4 is 35.9 Å². The van der Waals surface area contributed by atoms with E-state index < -0.39 is 0 Å². The first-order valence-electron chi connectivity index (χ1n) is 11.5. The highest BCUT2D eigenvalue weighted by Gasteiger charge is 2.23. The van der Waals surface area contributed by atoms with Crippen molar-refractivity contribution in [2.75, 3.05) is 39.9 Å². The van der Waals surface area contributed by atoms with Crippen LogP contribution in [0.15, 0.2) is 53.2 Å². The highest BCUT2D eigenvalue weighted by molar-refractivity contribution is 6.05. The Labute approximate surface area is 200 Å². The highest BCUT2D eigenvalue weighted by atomic mass is 16.5. The van der Waals surface area contributed by atoms with Crippen LogP contribution in [-0.4, -0.2) is 67.7 Å². The van der Waals surface area contributed by atoms with Crippen molar-refractivity contribution in [3.8, 4) is 11.1 Å². The first-order chi connectivity index (χ1) is 16.5. The molecule has 1 saturated heterocycles. The molecule has 7 nitrogen and oxygen atoms in total. The maximum atomic E-state index is 13.0. The number of nitrogens with two attached hydrogens (primary N) is 1. The van der Waals surface area contributed by atoms with Crippen molar-refractivity contribution in [3.63, 3.8) is 0 Å². The molecule has 2 aromatic carbocycles. The smallest absolute Gasteiger partial charge is 0.250 e. The van der Waals surface area contributed by atoms with Crippen molar-refractivity contribution in [2.24, 2.45) is 10.7 Å². The first-order valence-corrected chi connectivity index (χ1v) is 11.5. The van der Waals surface area contributed by atoms with E-state index in [1.807, 2.05) is 71.6 Å². The second-order valence-corrected chi connectivity index (χ2v) is 8.48. The molecule has 0 aromatic heterocycles. The van der Waals surface area contributed by atoms with Gasteiger partial charge >= 0.3 is 0 Å². The first kappa shape index (κ1) is 23.4. The van der Waals surface area contributed by atoms with Gasteiger partial charge in [0.1, 0.15) is 5.84 Å². The van der Waals surface area contributed by atoms with E-state index in [-0.39, 0.29) is 5.91 Å². The molecule has 7 heteroatoms. The Morgan fingerprint density at radius 3 is 2.62 bits per heavy atom. The number of aliphatic imine (C=N–C) groups is 1. The van der Waals surface area contributed by atoms with Crippen molar-refractivity contribution in [1.82, 2.24) is 9.80 Å².